The summed E-state index contributed by atoms with van der Waals surface area (Å²) in [4.78, 5) is 14.4. The van der Waals surface area contributed by atoms with Gasteiger partial charge in [0, 0.05) is 17.5 Å². The first-order chi connectivity index (χ1) is 11.0. The first-order valence-corrected chi connectivity index (χ1v) is 8.06. The topological polar surface area (TPSA) is 62.9 Å². The number of phenolic OH excluding ortho intramolecular Hbond substituents is 1. The van der Waals surface area contributed by atoms with Gasteiger partial charge in [0.05, 0.1) is 7.11 Å². The molecular weight excluding hydrogens is 294 g/mol. The van der Waals surface area contributed by atoms with E-state index in [2.05, 4.69) is 11.8 Å². The van der Waals surface area contributed by atoms with Crippen molar-refractivity contribution >= 4 is 16.9 Å². The van der Waals surface area contributed by atoms with E-state index in [1.54, 1.807) is 19.1 Å². The molecule has 0 aliphatic carbocycles. The minimum atomic E-state index is -0.430. The van der Waals surface area contributed by atoms with E-state index in [0.717, 1.165) is 37.4 Å². The quantitative estimate of drug-likeness (QED) is 0.878. The Balaban J connectivity index is 2.04. The van der Waals surface area contributed by atoms with E-state index in [0.29, 0.717) is 28.8 Å². The molecule has 1 aromatic heterocycles. The SMILES string of the molecule is COC(=O)c1c(C)oc2ccc(O)c(CN3CCC(C)CC3)c12. The summed E-state index contributed by atoms with van der Waals surface area (Å²) in [6, 6.07) is 3.33. The number of piperidine rings is 1. The molecule has 23 heavy (non-hydrogen) atoms. The number of carbonyl (C=O) groups excluding carboxylic acids is 1. The molecule has 0 amide bonds. The van der Waals surface area contributed by atoms with Crippen molar-refractivity contribution in [2.24, 2.45) is 5.92 Å². The molecule has 0 bridgehead atoms. The molecule has 1 saturated heterocycles. The van der Waals surface area contributed by atoms with E-state index in [4.69, 9.17) is 9.15 Å². The zero-order valence-electron chi connectivity index (χ0n) is 13.9. The molecule has 1 N–H and O–H groups in total. The second-order valence-corrected chi connectivity index (χ2v) is 6.42. The Hall–Kier alpha value is -2.01. The van der Waals surface area contributed by atoms with Gasteiger partial charge in [0.25, 0.3) is 0 Å². The van der Waals surface area contributed by atoms with Crippen LogP contribution < -0.4 is 0 Å². The largest absolute Gasteiger partial charge is 0.508 e. The Bertz CT molecular complexity index is 726. The molecule has 2 aromatic rings. The number of rotatable bonds is 3. The number of nitrogens with zero attached hydrogens (tertiary/aromatic N) is 1. The number of furan rings is 1. The molecular formula is C18H23NO4. The standard InChI is InChI=1S/C18H23NO4/c1-11-6-8-19(9-7-11)10-13-14(20)4-5-15-17(13)16(12(2)23-15)18(21)22-3/h4-5,11,20H,6-10H2,1-3H3. The van der Waals surface area contributed by atoms with Crippen LogP contribution in [0.5, 0.6) is 5.75 Å². The molecule has 1 aromatic carbocycles. The van der Waals surface area contributed by atoms with E-state index < -0.39 is 5.97 Å². The highest BCUT2D eigenvalue weighted by Gasteiger charge is 2.25. The second kappa shape index (κ2) is 6.24. The summed E-state index contributed by atoms with van der Waals surface area (Å²) in [7, 11) is 1.36. The van der Waals surface area contributed by atoms with Crippen molar-refractivity contribution in [3.63, 3.8) is 0 Å². The number of phenols is 1. The smallest absolute Gasteiger partial charge is 0.342 e. The van der Waals surface area contributed by atoms with E-state index in [1.165, 1.54) is 7.11 Å². The van der Waals surface area contributed by atoms with Crippen LogP contribution in [0.1, 0.15) is 41.4 Å². The Labute approximate surface area is 135 Å². The number of hydrogen-bond donors (Lipinski definition) is 1. The fourth-order valence-electron chi connectivity index (χ4n) is 3.32. The molecule has 5 nitrogen and oxygen atoms in total. The first-order valence-electron chi connectivity index (χ1n) is 8.06. The number of ether oxygens (including phenoxy) is 1. The van der Waals surface area contributed by atoms with Crippen molar-refractivity contribution in [2.45, 2.75) is 33.2 Å². The van der Waals surface area contributed by atoms with Crippen LogP contribution in [-0.4, -0.2) is 36.2 Å². The average Bonchev–Trinajstić information content (AvgIpc) is 2.88. The molecule has 3 rings (SSSR count). The van der Waals surface area contributed by atoms with E-state index in [9.17, 15) is 9.90 Å². The molecule has 124 valence electrons. The first kappa shape index (κ1) is 15.9. The van der Waals surface area contributed by atoms with Gasteiger partial charge in [-0.1, -0.05) is 6.92 Å². The Morgan fingerprint density at radius 1 is 1.39 bits per heavy atom. The fourth-order valence-corrected chi connectivity index (χ4v) is 3.32. The summed E-state index contributed by atoms with van der Waals surface area (Å²) in [5, 5.41) is 11.0. The van der Waals surface area contributed by atoms with Crippen LogP contribution in [-0.2, 0) is 11.3 Å². The number of aryl methyl sites for hydroxylation is 1. The van der Waals surface area contributed by atoms with Crippen LogP contribution in [0.3, 0.4) is 0 Å². The van der Waals surface area contributed by atoms with Crippen molar-refractivity contribution in [3.05, 3.63) is 29.0 Å². The van der Waals surface area contributed by atoms with Crippen LogP contribution in [0.15, 0.2) is 16.5 Å². The molecule has 0 saturated carbocycles. The van der Waals surface area contributed by atoms with Crippen molar-refractivity contribution < 1.29 is 19.1 Å². The number of aromatic hydroxyl groups is 1. The van der Waals surface area contributed by atoms with Gasteiger partial charge in [-0.3, -0.25) is 4.90 Å². The molecule has 1 fully saturated rings. The minimum Gasteiger partial charge on any atom is -0.508 e. The predicted octanol–water partition coefficient (Wildman–Crippen LogP) is 3.47. The highest BCUT2D eigenvalue weighted by molar-refractivity contribution is 6.06. The number of benzene rings is 1. The number of likely N-dealkylation sites (tertiary alicyclic amines) is 1. The monoisotopic (exact) mass is 317 g/mol. The molecule has 1 aliphatic rings. The number of carbonyl (C=O) groups is 1. The third-order valence-electron chi connectivity index (χ3n) is 4.76. The van der Waals surface area contributed by atoms with Crippen LogP contribution in [0.25, 0.3) is 11.0 Å². The second-order valence-electron chi connectivity index (χ2n) is 6.42. The predicted molar refractivity (Wildman–Crippen MR) is 87.6 cm³/mol. The highest BCUT2D eigenvalue weighted by atomic mass is 16.5. The molecule has 5 heteroatoms. The van der Waals surface area contributed by atoms with Crippen molar-refractivity contribution in [3.8, 4) is 5.75 Å². The third kappa shape index (κ3) is 2.93. The summed E-state index contributed by atoms with van der Waals surface area (Å²) >= 11 is 0. The van der Waals surface area contributed by atoms with Gasteiger partial charge in [-0.25, -0.2) is 4.79 Å². The fraction of sp³-hybridized carbons (Fsp3) is 0.500. The Morgan fingerprint density at radius 3 is 2.74 bits per heavy atom. The maximum atomic E-state index is 12.1. The lowest BCUT2D eigenvalue weighted by molar-refractivity contribution is 0.0600. The maximum absolute atomic E-state index is 12.1. The van der Waals surface area contributed by atoms with Gasteiger partial charge in [-0.15, -0.1) is 0 Å². The van der Waals surface area contributed by atoms with E-state index in [1.807, 2.05) is 0 Å². The Morgan fingerprint density at radius 2 is 2.09 bits per heavy atom. The van der Waals surface area contributed by atoms with Crippen molar-refractivity contribution in [1.29, 1.82) is 0 Å². The number of esters is 1. The summed E-state index contributed by atoms with van der Waals surface area (Å²) in [6.07, 6.45) is 2.32. The molecule has 1 aliphatic heterocycles. The summed E-state index contributed by atoms with van der Waals surface area (Å²) < 4.78 is 10.6. The van der Waals surface area contributed by atoms with Crippen LogP contribution in [0.4, 0.5) is 0 Å². The van der Waals surface area contributed by atoms with E-state index in [-0.39, 0.29) is 5.75 Å². The summed E-state index contributed by atoms with van der Waals surface area (Å²) in [5.41, 5.74) is 1.77. The van der Waals surface area contributed by atoms with Crippen molar-refractivity contribution in [1.82, 2.24) is 4.90 Å². The van der Waals surface area contributed by atoms with Gasteiger partial charge >= 0.3 is 5.97 Å². The maximum Gasteiger partial charge on any atom is 0.342 e. The van der Waals surface area contributed by atoms with Gasteiger partial charge in [0.2, 0.25) is 0 Å². The molecule has 0 unspecified atom stereocenters. The number of hydrogen-bond acceptors (Lipinski definition) is 5. The molecule has 0 spiro atoms. The number of fused-ring (bicyclic) bond motifs is 1. The molecule has 0 atom stereocenters. The normalized spacial score (nSPS) is 16.8. The summed E-state index contributed by atoms with van der Waals surface area (Å²) in [5.74, 6) is 1.03. The lowest BCUT2D eigenvalue weighted by Crippen LogP contribution is -2.32. The molecule has 2 heterocycles. The van der Waals surface area contributed by atoms with Gasteiger partial charge in [0.1, 0.15) is 22.7 Å². The highest BCUT2D eigenvalue weighted by Crippen LogP contribution is 2.35. The van der Waals surface area contributed by atoms with E-state index >= 15 is 0 Å². The third-order valence-corrected chi connectivity index (χ3v) is 4.76. The lowest BCUT2D eigenvalue weighted by Gasteiger charge is -2.30. The van der Waals surface area contributed by atoms with Crippen LogP contribution >= 0.6 is 0 Å². The van der Waals surface area contributed by atoms with Gasteiger partial charge < -0.3 is 14.3 Å². The zero-order chi connectivity index (χ0) is 16.6. The van der Waals surface area contributed by atoms with Crippen LogP contribution in [0, 0.1) is 12.8 Å². The Kier molecular flexibility index (Phi) is 4.31. The van der Waals surface area contributed by atoms with Crippen molar-refractivity contribution in [2.75, 3.05) is 20.2 Å². The lowest BCUT2D eigenvalue weighted by atomic mass is 9.97. The number of methoxy groups -OCH3 is 1. The average molecular weight is 317 g/mol. The molecule has 0 radical (unpaired) electrons. The minimum absolute atomic E-state index is 0.196. The summed E-state index contributed by atoms with van der Waals surface area (Å²) in [6.45, 7) is 6.63. The van der Waals surface area contributed by atoms with Gasteiger partial charge in [-0.2, -0.15) is 0 Å². The van der Waals surface area contributed by atoms with Crippen LogP contribution in [0.2, 0.25) is 0 Å². The zero-order valence-corrected chi connectivity index (χ0v) is 13.9. The van der Waals surface area contributed by atoms with Gasteiger partial charge in [0.15, 0.2) is 0 Å². The van der Waals surface area contributed by atoms with Gasteiger partial charge in [-0.05, 0) is 50.9 Å².